The Morgan fingerprint density at radius 1 is 1.19 bits per heavy atom. The zero-order valence-corrected chi connectivity index (χ0v) is 10.4. The molecule has 1 N–H and O–H groups in total. The maximum atomic E-state index is 6.16. The molecule has 0 atom stereocenters. The minimum atomic E-state index is 0.446. The van der Waals surface area contributed by atoms with E-state index in [0.717, 1.165) is 25.9 Å². The summed E-state index contributed by atoms with van der Waals surface area (Å²) in [7, 11) is 0. The van der Waals surface area contributed by atoms with Gasteiger partial charge in [-0.25, -0.2) is 0 Å². The van der Waals surface area contributed by atoms with E-state index in [1.54, 1.807) is 4.88 Å². The largest absolute Gasteiger partial charge is 0.489 e. The minimum absolute atomic E-state index is 0.446. The third-order valence-electron chi connectivity index (χ3n) is 3.60. The van der Waals surface area contributed by atoms with Crippen LogP contribution in [0.5, 0.6) is 5.75 Å². The van der Waals surface area contributed by atoms with Crippen molar-refractivity contribution in [1.82, 2.24) is 5.32 Å². The molecule has 0 unspecified atom stereocenters. The first-order chi connectivity index (χ1) is 7.93. The van der Waals surface area contributed by atoms with Crippen LogP contribution in [0, 0.1) is 0 Å². The van der Waals surface area contributed by atoms with Gasteiger partial charge in [0.15, 0.2) is 0 Å². The summed E-state index contributed by atoms with van der Waals surface area (Å²) < 4.78 is 6.16. The van der Waals surface area contributed by atoms with E-state index in [0.29, 0.717) is 6.10 Å². The molecule has 16 heavy (non-hydrogen) atoms. The van der Waals surface area contributed by atoms with E-state index >= 15 is 0 Å². The Bertz CT molecular complexity index is 355. The van der Waals surface area contributed by atoms with E-state index in [4.69, 9.17) is 4.74 Å². The summed E-state index contributed by atoms with van der Waals surface area (Å²) in [6.45, 7) is 2.22. The first-order valence-electron chi connectivity index (χ1n) is 6.40. The third-order valence-corrected chi connectivity index (χ3v) is 4.67. The van der Waals surface area contributed by atoms with Gasteiger partial charge in [0, 0.05) is 15.8 Å². The average Bonchev–Trinajstić information content (AvgIpc) is 2.74. The topological polar surface area (TPSA) is 21.3 Å². The summed E-state index contributed by atoms with van der Waals surface area (Å²) in [6.07, 6.45) is 7.97. The number of hydrogen-bond acceptors (Lipinski definition) is 3. The molecular weight excluding hydrogens is 218 g/mol. The quantitative estimate of drug-likeness (QED) is 0.854. The molecular formula is C13H19NOS. The van der Waals surface area contributed by atoms with Crippen LogP contribution in [0.2, 0.25) is 0 Å². The van der Waals surface area contributed by atoms with Crippen molar-refractivity contribution in [2.24, 2.45) is 0 Å². The number of piperidine rings is 1. The zero-order chi connectivity index (χ0) is 10.8. The van der Waals surface area contributed by atoms with Crippen molar-refractivity contribution in [2.75, 3.05) is 13.1 Å². The summed E-state index contributed by atoms with van der Waals surface area (Å²) >= 11 is 1.90. The smallest absolute Gasteiger partial charge is 0.133 e. The monoisotopic (exact) mass is 237 g/mol. The number of nitrogens with one attached hydrogen (secondary N) is 1. The lowest BCUT2D eigenvalue weighted by atomic mass is 9.99. The van der Waals surface area contributed by atoms with Crippen LogP contribution >= 0.6 is 11.3 Å². The SMILES string of the molecule is c1sc2c(c1OC1CCNCC1)CCCC2. The molecule has 1 fully saturated rings. The number of aryl methyl sites for hydroxylation is 1. The maximum Gasteiger partial charge on any atom is 0.133 e. The van der Waals surface area contributed by atoms with E-state index in [9.17, 15) is 0 Å². The highest BCUT2D eigenvalue weighted by Gasteiger charge is 2.20. The molecule has 2 heterocycles. The molecule has 0 aromatic carbocycles. The van der Waals surface area contributed by atoms with Crippen molar-refractivity contribution in [2.45, 2.75) is 44.6 Å². The van der Waals surface area contributed by atoms with Crippen LogP contribution in [-0.4, -0.2) is 19.2 Å². The van der Waals surface area contributed by atoms with Gasteiger partial charge in [0.05, 0.1) is 0 Å². The van der Waals surface area contributed by atoms with Crippen LogP contribution in [0.1, 0.15) is 36.1 Å². The van der Waals surface area contributed by atoms with Crippen LogP contribution in [0.3, 0.4) is 0 Å². The molecule has 0 amide bonds. The van der Waals surface area contributed by atoms with Gasteiger partial charge in [-0.05, 0) is 51.6 Å². The summed E-state index contributed by atoms with van der Waals surface area (Å²) in [5.74, 6) is 1.20. The predicted molar refractivity (Wildman–Crippen MR) is 67.5 cm³/mol. The highest BCUT2D eigenvalue weighted by atomic mass is 32.1. The van der Waals surface area contributed by atoms with Crippen molar-refractivity contribution in [1.29, 1.82) is 0 Å². The average molecular weight is 237 g/mol. The Kier molecular flexibility index (Phi) is 3.15. The van der Waals surface area contributed by atoms with Gasteiger partial charge < -0.3 is 10.1 Å². The van der Waals surface area contributed by atoms with Gasteiger partial charge in [0.2, 0.25) is 0 Å². The van der Waals surface area contributed by atoms with E-state index < -0.39 is 0 Å². The fourth-order valence-corrected chi connectivity index (χ4v) is 3.71. The molecule has 88 valence electrons. The molecule has 3 rings (SSSR count). The van der Waals surface area contributed by atoms with Gasteiger partial charge in [-0.2, -0.15) is 0 Å². The van der Waals surface area contributed by atoms with Crippen molar-refractivity contribution in [3.05, 3.63) is 15.8 Å². The van der Waals surface area contributed by atoms with E-state index in [-0.39, 0.29) is 0 Å². The Morgan fingerprint density at radius 2 is 2.00 bits per heavy atom. The minimum Gasteiger partial charge on any atom is -0.489 e. The second-order valence-corrected chi connectivity index (χ2v) is 5.74. The molecule has 0 bridgehead atoms. The van der Waals surface area contributed by atoms with Crippen LogP contribution in [0.15, 0.2) is 5.38 Å². The Balaban J connectivity index is 1.71. The van der Waals surface area contributed by atoms with Crippen molar-refractivity contribution in [3.63, 3.8) is 0 Å². The Hall–Kier alpha value is -0.540. The fourth-order valence-electron chi connectivity index (χ4n) is 2.66. The molecule has 1 aliphatic heterocycles. The Morgan fingerprint density at radius 3 is 2.88 bits per heavy atom. The normalized spacial score (nSPS) is 21.8. The molecule has 2 aliphatic rings. The van der Waals surface area contributed by atoms with E-state index in [1.807, 2.05) is 11.3 Å². The van der Waals surface area contributed by atoms with Gasteiger partial charge >= 0.3 is 0 Å². The van der Waals surface area contributed by atoms with Gasteiger partial charge in [0.25, 0.3) is 0 Å². The molecule has 2 nitrogen and oxygen atoms in total. The van der Waals surface area contributed by atoms with E-state index in [2.05, 4.69) is 10.7 Å². The first-order valence-corrected chi connectivity index (χ1v) is 7.28. The van der Waals surface area contributed by atoms with Crippen LogP contribution in [-0.2, 0) is 12.8 Å². The number of thiophene rings is 1. The summed E-state index contributed by atoms with van der Waals surface area (Å²) in [5.41, 5.74) is 1.52. The molecule has 1 saturated heterocycles. The highest BCUT2D eigenvalue weighted by Crippen LogP contribution is 2.36. The lowest BCUT2D eigenvalue weighted by Gasteiger charge is -2.24. The first kappa shape index (κ1) is 10.6. The second-order valence-electron chi connectivity index (χ2n) is 4.78. The summed E-state index contributed by atoms with van der Waals surface area (Å²) in [5, 5.41) is 5.61. The Labute approximate surface area is 101 Å². The molecule has 1 aromatic rings. The number of fused-ring (bicyclic) bond motifs is 1. The zero-order valence-electron chi connectivity index (χ0n) is 9.63. The third kappa shape index (κ3) is 2.11. The molecule has 0 saturated carbocycles. The lowest BCUT2D eigenvalue weighted by Crippen LogP contribution is -2.34. The summed E-state index contributed by atoms with van der Waals surface area (Å²) in [4.78, 5) is 1.58. The predicted octanol–water partition coefficient (Wildman–Crippen LogP) is 2.76. The van der Waals surface area contributed by atoms with Gasteiger partial charge in [-0.15, -0.1) is 11.3 Å². The van der Waals surface area contributed by atoms with Crippen molar-refractivity contribution in [3.8, 4) is 5.75 Å². The van der Waals surface area contributed by atoms with Crippen LogP contribution < -0.4 is 10.1 Å². The van der Waals surface area contributed by atoms with Crippen molar-refractivity contribution >= 4 is 11.3 Å². The fraction of sp³-hybridized carbons (Fsp3) is 0.692. The number of hydrogen-bond donors (Lipinski definition) is 1. The maximum absolute atomic E-state index is 6.16. The molecule has 1 aromatic heterocycles. The van der Waals surface area contributed by atoms with Gasteiger partial charge in [-0.3, -0.25) is 0 Å². The lowest BCUT2D eigenvalue weighted by molar-refractivity contribution is 0.161. The molecule has 3 heteroatoms. The van der Waals surface area contributed by atoms with Crippen LogP contribution in [0.4, 0.5) is 0 Å². The van der Waals surface area contributed by atoms with Crippen LogP contribution in [0.25, 0.3) is 0 Å². The molecule has 0 spiro atoms. The van der Waals surface area contributed by atoms with Gasteiger partial charge in [-0.1, -0.05) is 0 Å². The van der Waals surface area contributed by atoms with E-state index in [1.165, 1.54) is 37.0 Å². The van der Waals surface area contributed by atoms with Crippen molar-refractivity contribution < 1.29 is 4.74 Å². The molecule has 0 radical (unpaired) electrons. The standard InChI is InChI=1S/C13H19NOS/c1-2-4-13-11(3-1)12(9-16-13)15-10-5-7-14-8-6-10/h9-10,14H,1-8H2. The number of rotatable bonds is 2. The summed E-state index contributed by atoms with van der Waals surface area (Å²) in [6, 6.07) is 0. The van der Waals surface area contributed by atoms with Gasteiger partial charge in [0.1, 0.15) is 11.9 Å². The second kappa shape index (κ2) is 4.76. The number of ether oxygens (including phenoxy) is 1. The highest BCUT2D eigenvalue weighted by molar-refractivity contribution is 7.10. The molecule has 1 aliphatic carbocycles.